The summed E-state index contributed by atoms with van der Waals surface area (Å²) in [6, 6.07) is 3.89. The number of hydrogen-bond donors (Lipinski definition) is 2. The second-order valence-electron chi connectivity index (χ2n) is 3.27. The normalized spacial score (nSPS) is 9.58. The molecule has 0 saturated heterocycles. The molecule has 0 spiro atoms. The van der Waals surface area contributed by atoms with Crippen LogP contribution in [0.25, 0.3) is 0 Å². The van der Waals surface area contributed by atoms with Crippen LogP contribution in [0.5, 0.6) is 5.75 Å². The average molecular weight is 288 g/mol. The van der Waals surface area contributed by atoms with Gasteiger partial charge in [0.15, 0.2) is 6.61 Å². The summed E-state index contributed by atoms with van der Waals surface area (Å²) in [5.41, 5.74) is -0.143. The first kappa shape index (κ1) is 14.8. The molecule has 1 rings (SSSR count). The van der Waals surface area contributed by atoms with Gasteiger partial charge in [0.25, 0.3) is 5.91 Å². The molecule has 2 N–H and O–H groups in total. The van der Waals surface area contributed by atoms with Crippen molar-refractivity contribution >= 4 is 29.6 Å². The number of ether oxygens (including phenoxy) is 2. The predicted octanol–water partition coefficient (Wildman–Crippen LogP) is 1.30. The molecule has 0 bridgehead atoms. The minimum absolute atomic E-state index is 0.0694. The van der Waals surface area contributed by atoms with E-state index in [9.17, 15) is 14.4 Å². The van der Waals surface area contributed by atoms with E-state index in [0.717, 1.165) is 7.11 Å². The summed E-state index contributed by atoms with van der Waals surface area (Å²) in [5.74, 6) is -2.07. The SMILES string of the molecule is COC(=O)NC(=O)COc1cc(Cl)ccc1C(=O)O. The maximum absolute atomic E-state index is 11.2. The summed E-state index contributed by atoms with van der Waals surface area (Å²) in [6.45, 7) is -0.546. The fourth-order valence-electron chi connectivity index (χ4n) is 1.14. The van der Waals surface area contributed by atoms with Crippen molar-refractivity contribution in [3.05, 3.63) is 28.8 Å². The number of hydrogen-bond acceptors (Lipinski definition) is 5. The Balaban J connectivity index is 2.72. The molecule has 0 radical (unpaired) electrons. The maximum atomic E-state index is 11.2. The van der Waals surface area contributed by atoms with Crippen LogP contribution in [0, 0.1) is 0 Å². The number of halogens is 1. The van der Waals surface area contributed by atoms with E-state index >= 15 is 0 Å². The number of carbonyl (C=O) groups is 3. The highest BCUT2D eigenvalue weighted by Gasteiger charge is 2.14. The van der Waals surface area contributed by atoms with Gasteiger partial charge in [0.05, 0.1) is 7.11 Å². The number of imide groups is 1. The van der Waals surface area contributed by atoms with Crippen LogP contribution >= 0.6 is 11.6 Å². The lowest BCUT2D eigenvalue weighted by atomic mass is 10.2. The third kappa shape index (κ3) is 4.47. The van der Waals surface area contributed by atoms with Crippen molar-refractivity contribution in [3.8, 4) is 5.75 Å². The zero-order valence-electron chi connectivity index (χ0n) is 9.81. The lowest BCUT2D eigenvalue weighted by molar-refractivity contribution is -0.122. The Morgan fingerprint density at radius 2 is 2.05 bits per heavy atom. The van der Waals surface area contributed by atoms with E-state index in [0.29, 0.717) is 0 Å². The lowest BCUT2D eigenvalue weighted by Gasteiger charge is -2.09. The van der Waals surface area contributed by atoms with E-state index in [1.54, 1.807) is 0 Å². The smallest absolute Gasteiger partial charge is 0.413 e. The van der Waals surface area contributed by atoms with Crippen LogP contribution in [-0.4, -0.2) is 36.8 Å². The maximum Gasteiger partial charge on any atom is 0.413 e. The number of aromatic carboxylic acids is 1. The Morgan fingerprint density at radius 1 is 1.37 bits per heavy atom. The highest BCUT2D eigenvalue weighted by atomic mass is 35.5. The van der Waals surface area contributed by atoms with E-state index in [4.69, 9.17) is 21.4 Å². The lowest BCUT2D eigenvalue weighted by Crippen LogP contribution is -2.34. The fourth-order valence-corrected chi connectivity index (χ4v) is 1.30. The summed E-state index contributed by atoms with van der Waals surface area (Å²) in [6.07, 6.45) is -0.932. The quantitative estimate of drug-likeness (QED) is 0.865. The molecule has 0 aliphatic carbocycles. The zero-order chi connectivity index (χ0) is 14.4. The molecule has 2 amide bonds. The highest BCUT2D eigenvalue weighted by Crippen LogP contribution is 2.23. The van der Waals surface area contributed by atoms with Crippen molar-refractivity contribution in [2.75, 3.05) is 13.7 Å². The van der Waals surface area contributed by atoms with Crippen LogP contribution in [0.4, 0.5) is 4.79 Å². The minimum atomic E-state index is -1.22. The van der Waals surface area contributed by atoms with Crippen LogP contribution in [-0.2, 0) is 9.53 Å². The van der Waals surface area contributed by atoms with Gasteiger partial charge in [0, 0.05) is 5.02 Å². The third-order valence-corrected chi connectivity index (χ3v) is 2.19. The zero-order valence-corrected chi connectivity index (χ0v) is 10.6. The van der Waals surface area contributed by atoms with Gasteiger partial charge >= 0.3 is 12.1 Å². The Hall–Kier alpha value is -2.28. The van der Waals surface area contributed by atoms with Crippen LogP contribution in [0.1, 0.15) is 10.4 Å². The molecule has 0 unspecified atom stereocenters. The molecule has 0 saturated carbocycles. The molecule has 0 fully saturated rings. The largest absolute Gasteiger partial charge is 0.483 e. The van der Waals surface area contributed by atoms with Crippen LogP contribution < -0.4 is 10.1 Å². The molecule has 0 atom stereocenters. The highest BCUT2D eigenvalue weighted by molar-refractivity contribution is 6.30. The van der Waals surface area contributed by atoms with Gasteiger partial charge in [-0.1, -0.05) is 11.6 Å². The molecular formula is C11H10ClNO6. The third-order valence-electron chi connectivity index (χ3n) is 1.96. The summed E-state index contributed by atoms with van der Waals surface area (Å²) in [7, 11) is 1.10. The van der Waals surface area contributed by atoms with Crippen molar-refractivity contribution in [3.63, 3.8) is 0 Å². The van der Waals surface area contributed by atoms with Crippen molar-refractivity contribution in [1.29, 1.82) is 0 Å². The Kier molecular flexibility index (Phi) is 5.13. The van der Waals surface area contributed by atoms with Crippen LogP contribution in [0.15, 0.2) is 18.2 Å². The second-order valence-corrected chi connectivity index (χ2v) is 3.71. The van der Waals surface area contributed by atoms with E-state index < -0.39 is 24.6 Å². The monoisotopic (exact) mass is 287 g/mol. The average Bonchev–Trinajstić information content (AvgIpc) is 2.35. The second kappa shape index (κ2) is 6.60. The number of carboxylic acid groups (broad SMARTS) is 1. The standard InChI is InChI=1S/C11H10ClNO6/c1-18-11(17)13-9(14)5-19-8-4-6(12)2-3-7(8)10(15)16/h2-4H,5H2,1H3,(H,15,16)(H,13,14,17). The molecule has 7 nitrogen and oxygen atoms in total. The number of nitrogens with one attached hydrogen (secondary N) is 1. The predicted molar refractivity (Wildman–Crippen MR) is 64.5 cm³/mol. The molecule has 19 heavy (non-hydrogen) atoms. The molecule has 0 aromatic heterocycles. The topological polar surface area (TPSA) is 102 Å². The molecule has 1 aromatic carbocycles. The van der Waals surface area contributed by atoms with Crippen molar-refractivity contribution in [2.24, 2.45) is 0 Å². The first-order chi connectivity index (χ1) is 8.93. The molecule has 0 aliphatic heterocycles. The van der Waals surface area contributed by atoms with Crippen molar-refractivity contribution in [2.45, 2.75) is 0 Å². The van der Waals surface area contributed by atoms with Gasteiger partial charge in [-0.05, 0) is 18.2 Å². The van der Waals surface area contributed by atoms with Gasteiger partial charge in [-0.25, -0.2) is 9.59 Å². The van der Waals surface area contributed by atoms with Gasteiger partial charge in [-0.2, -0.15) is 0 Å². The number of amides is 2. The Labute approximate surface area is 113 Å². The number of rotatable bonds is 4. The van der Waals surface area contributed by atoms with E-state index in [1.807, 2.05) is 5.32 Å². The number of carbonyl (C=O) groups excluding carboxylic acids is 2. The first-order valence-electron chi connectivity index (χ1n) is 4.97. The Bertz CT molecular complexity index is 516. The minimum Gasteiger partial charge on any atom is -0.483 e. The number of carboxylic acids is 1. The molecule has 102 valence electrons. The van der Waals surface area contributed by atoms with Crippen molar-refractivity contribution in [1.82, 2.24) is 5.32 Å². The molecule has 0 aliphatic rings. The van der Waals surface area contributed by atoms with E-state index in [-0.39, 0.29) is 16.3 Å². The van der Waals surface area contributed by atoms with Crippen LogP contribution in [0.3, 0.4) is 0 Å². The summed E-state index contributed by atoms with van der Waals surface area (Å²) < 4.78 is 9.21. The van der Waals surface area contributed by atoms with E-state index in [2.05, 4.69) is 4.74 Å². The first-order valence-corrected chi connectivity index (χ1v) is 5.35. The number of alkyl carbamates (subject to hydrolysis) is 1. The number of methoxy groups -OCH3 is 1. The van der Waals surface area contributed by atoms with Gasteiger partial charge in [-0.3, -0.25) is 10.1 Å². The molecule has 0 heterocycles. The van der Waals surface area contributed by atoms with Gasteiger partial charge in [-0.15, -0.1) is 0 Å². The molecule has 1 aromatic rings. The summed E-state index contributed by atoms with van der Waals surface area (Å²) in [4.78, 5) is 32.9. The van der Waals surface area contributed by atoms with Crippen LogP contribution in [0.2, 0.25) is 5.02 Å². The summed E-state index contributed by atoms with van der Waals surface area (Å²) in [5, 5.41) is 11.0. The van der Waals surface area contributed by atoms with Gasteiger partial charge in [0.2, 0.25) is 0 Å². The summed E-state index contributed by atoms with van der Waals surface area (Å²) >= 11 is 5.70. The Morgan fingerprint density at radius 3 is 2.63 bits per heavy atom. The van der Waals surface area contributed by atoms with Gasteiger partial charge < -0.3 is 14.6 Å². The van der Waals surface area contributed by atoms with E-state index in [1.165, 1.54) is 18.2 Å². The molecule has 8 heteroatoms. The number of benzene rings is 1. The van der Waals surface area contributed by atoms with Crippen molar-refractivity contribution < 1.29 is 29.0 Å². The molecular weight excluding hydrogens is 278 g/mol. The van der Waals surface area contributed by atoms with Gasteiger partial charge in [0.1, 0.15) is 11.3 Å². The fraction of sp³-hybridized carbons (Fsp3) is 0.182.